The zero-order chi connectivity index (χ0) is 27.3. The summed E-state index contributed by atoms with van der Waals surface area (Å²) in [6.45, 7) is 6.82. The van der Waals surface area contributed by atoms with Gasteiger partial charge >= 0.3 is 0 Å². The van der Waals surface area contributed by atoms with Crippen molar-refractivity contribution in [3.63, 3.8) is 0 Å². The third kappa shape index (κ3) is 8.28. The first-order valence-electron chi connectivity index (χ1n) is 11.3. The molecule has 0 aliphatic rings. The van der Waals surface area contributed by atoms with Gasteiger partial charge in [-0.25, -0.2) is 8.42 Å². The van der Waals surface area contributed by atoms with Crippen LogP contribution in [0.15, 0.2) is 42.5 Å². The number of benzene rings is 2. The number of halogens is 2. The first-order valence-corrected chi connectivity index (χ1v) is 13.9. The Morgan fingerprint density at radius 3 is 2.33 bits per heavy atom. The number of rotatable bonds is 10. The van der Waals surface area contributed by atoms with Crippen LogP contribution in [0, 0.1) is 0 Å². The summed E-state index contributed by atoms with van der Waals surface area (Å²) >= 11 is 12.4. The average Bonchev–Trinajstić information content (AvgIpc) is 2.77. The van der Waals surface area contributed by atoms with Crippen molar-refractivity contribution in [3.05, 3.63) is 58.1 Å². The summed E-state index contributed by atoms with van der Waals surface area (Å²) in [5, 5.41) is 3.30. The molecule has 0 bridgehead atoms. The number of amides is 2. The number of nitrogens with zero attached hydrogens (tertiary/aromatic N) is 2. The van der Waals surface area contributed by atoms with Crippen molar-refractivity contribution >= 4 is 50.7 Å². The molecular formula is C25H33Cl2N3O5S. The zero-order valence-corrected chi connectivity index (χ0v) is 23.7. The van der Waals surface area contributed by atoms with E-state index in [1.165, 1.54) is 30.2 Å². The van der Waals surface area contributed by atoms with Gasteiger partial charge in [-0.1, -0.05) is 42.3 Å². The van der Waals surface area contributed by atoms with Crippen molar-refractivity contribution in [1.82, 2.24) is 10.2 Å². The van der Waals surface area contributed by atoms with E-state index in [9.17, 15) is 18.0 Å². The highest BCUT2D eigenvalue weighted by molar-refractivity contribution is 7.92. The van der Waals surface area contributed by atoms with E-state index in [1.54, 1.807) is 31.2 Å². The predicted octanol–water partition coefficient (Wildman–Crippen LogP) is 4.49. The summed E-state index contributed by atoms with van der Waals surface area (Å²) in [5.74, 6) is -0.321. The van der Waals surface area contributed by atoms with Crippen molar-refractivity contribution in [3.8, 4) is 5.75 Å². The first-order chi connectivity index (χ1) is 16.7. The number of ether oxygens (including phenoxy) is 1. The Kier molecular flexibility index (Phi) is 10.0. The maximum atomic E-state index is 13.7. The molecule has 2 aromatic rings. The van der Waals surface area contributed by atoms with Gasteiger partial charge in [-0.3, -0.25) is 13.9 Å². The van der Waals surface area contributed by atoms with E-state index in [1.807, 2.05) is 20.8 Å². The standard InChI is InChI=1S/C25H33Cl2N3O5S/c1-7-21(24(32)28-25(2,3)4)29(15-17-9-8-10-19(13-17)35-5)23(31)16-30(36(6,33)34)22-14-18(26)11-12-20(22)27/h8-14,21H,7,15-16H2,1-6H3,(H,28,32). The Hall–Kier alpha value is -2.49. The Bertz CT molecular complexity index is 1200. The molecular weight excluding hydrogens is 525 g/mol. The number of nitrogens with one attached hydrogen (secondary N) is 1. The molecule has 1 unspecified atom stereocenters. The Labute approximate surface area is 223 Å². The second-order valence-corrected chi connectivity index (χ2v) is 12.2. The minimum atomic E-state index is -3.93. The van der Waals surface area contributed by atoms with Crippen LogP contribution in [0.2, 0.25) is 10.0 Å². The van der Waals surface area contributed by atoms with Gasteiger partial charge in [0.1, 0.15) is 18.3 Å². The number of anilines is 1. The largest absolute Gasteiger partial charge is 0.497 e. The molecule has 198 valence electrons. The third-order valence-electron chi connectivity index (χ3n) is 5.23. The van der Waals surface area contributed by atoms with Crippen LogP contribution in [0.1, 0.15) is 39.7 Å². The van der Waals surface area contributed by atoms with Gasteiger partial charge in [0.25, 0.3) is 0 Å². The molecule has 0 aromatic heterocycles. The van der Waals surface area contributed by atoms with E-state index in [-0.39, 0.29) is 28.2 Å². The zero-order valence-electron chi connectivity index (χ0n) is 21.3. The first kappa shape index (κ1) is 29.7. The Balaban J connectivity index is 2.52. The highest BCUT2D eigenvalue weighted by Gasteiger charge is 2.33. The molecule has 0 aliphatic heterocycles. The minimum Gasteiger partial charge on any atom is -0.497 e. The quantitative estimate of drug-likeness (QED) is 0.464. The van der Waals surface area contributed by atoms with Crippen molar-refractivity contribution in [2.45, 2.75) is 52.2 Å². The number of sulfonamides is 1. The van der Waals surface area contributed by atoms with Crippen LogP contribution in [0.3, 0.4) is 0 Å². The number of carbonyl (C=O) groups is 2. The molecule has 11 heteroatoms. The van der Waals surface area contributed by atoms with Crippen LogP contribution >= 0.6 is 23.2 Å². The number of methoxy groups -OCH3 is 1. The topological polar surface area (TPSA) is 96.0 Å². The van der Waals surface area contributed by atoms with Gasteiger partial charge in [0.15, 0.2) is 0 Å². The summed E-state index contributed by atoms with van der Waals surface area (Å²) in [5.41, 5.74) is 0.271. The monoisotopic (exact) mass is 557 g/mol. The van der Waals surface area contributed by atoms with Crippen LogP contribution < -0.4 is 14.4 Å². The lowest BCUT2D eigenvalue weighted by atomic mass is 10.1. The highest BCUT2D eigenvalue weighted by Crippen LogP contribution is 2.31. The molecule has 2 rings (SSSR count). The van der Waals surface area contributed by atoms with Gasteiger partial charge in [-0.2, -0.15) is 0 Å². The second kappa shape index (κ2) is 12.2. The fraction of sp³-hybridized carbons (Fsp3) is 0.440. The molecule has 2 amide bonds. The van der Waals surface area contributed by atoms with Crippen LogP contribution in [-0.2, 0) is 26.2 Å². The molecule has 2 aromatic carbocycles. The van der Waals surface area contributed by atoms with Gasteiger partial charge in [-0.15, -0.1) is 0 Å². The average molecular weight is 559 g/mol. The molecule has 0 radical (unpaired) electrons. The summed E-state index contributed by atoms with van der Waals surface area (Å²) in [7, 11) is -2.39. The molecule has 8 nitrogen and oxygen atoms in total. The normalized spacial score (nSPS) is 12.6. The van der Waals surface area contributed by atoms with Crippen LogP contribution in [0.25, 0.3) is 0 Å². The Morgan fingerprint density at radius 1 is 1.11 bits per heavy atom. The van der Waals surface area contributed by atoms with Gasteiger partial charge in [0, 0.05) is 17.1 Å². The SMILES string of the molecule is CCC(C(=O)NC(C)(C)C)N(Cc1cccc(OC)c1)C(=O)CN(c1cc(Cl)ccc1Cl)S(C)(=O)=O. The van der Waals surface area contributed by atoms with E-state index in [0.717, 1.165) is 16.1 Å². The van der Waals surface area contributed by atoms with E-state index >= 15 is 0 Å². The van der Waals surface area contributed by atoms with Gasteiger partial charge < -0.3 is 15.0 Å². The fourth-order valence-electron chi connectivity index (χ4n) is 3.61. The summed E-state index contributed by atoms with van der Waals surface area (Å²) < 4.78 is 31.6. The van der Waals surface area contributed by atoms with Crippen molar-refractivity contribution in [2.75, 3.05) is 24.2 Å². The minimum absolute atomic E-state index is 0.0625. The van der Waals surface area contributed by atoms with Crippen LogP contribution in [-0.4, -0.2) is 56.6 Å². The molecule has 0 aliphatic carbocycles. The fourth-order valence-corrected chi connectivity index (χ4v) is 4.90. The molecule has 1 N–H and O–H groups in total. The number of hydrogen-bond donors (Lipinski definition) is 1. The third-order valence-corrected chi connectivity index (χ3v) is 6.91. The molecule has 36 heavy (non-hydrogen) atoms. The molecule has 1 atom stereocenters. The molecule has 0 heterocycles. The number of carbonyl (C=O) groups excluding carboxylic acids is 2. The van der Waals surface area contributed by atoms with E-state index < -0.39 is 34.1 Å². The Morgan fingerprint density at radius 2 is 1.78 bits per heavy atom. The number of hydrogen-bond acceptors (Lipinski definition) is 5. The summed E-state index contributed by atoms with van der Waals surface area (Å²) in [4.78, 5) is 28.3. The smallest absolute Gasteiger partial charge is 0.244 e. The molecule has 0 spiro atoms. The lowest BCUT2D eigenvalue weighted by molar-refractivity contribution is -0.141. The van der Waals surface area contributed by atoms with Crippen LogP contribution in [0.5, 0.6) is 5.75 Å². The highest BCUT2D eigenvalue weighted by atomic mass is 35.5. The van der Waals surface area contributed by atoms with Crippen molar-refractivity contribution in [1.29, 1.82) is 0 Å². The summed E-state index contributed by atoms with van der Waals surface area (Å²) in [6.07, 6.45) is 1.29. The maximum absolute atomic E-state index is 13.7. The van der Waals surface area contributed by atoms with E-state index in [2.05, 4.69) is 5.32 Å². The lowest BCUT2D eigenvalue weighted by Gasteiger charge is -2.34. The maximum Gasteiger partial charge on any atom is 0.244 e. The van der Waals surface area contributed by atoms with Crippen molar-refractivity contribution < 1.29 is 22.7 Å². The molecule has 0 saturated carbocycles. The van der Waals surface area contributed by atoms with Gasteiger partial charge in [0.2, 0.25) is 21.8 Å². The molecule has 0 saturated heterocycles. The van der Waals surface area contributed by atoms with Gasteiger partial charge in [0.05, 0.1) is 24.1 Å². The van der Waals surface area contributed by atoms with Crippen LogP contribution in [0.4, 0.5) is 5.69 Å². The molecule has 0 fully saturated rings. The van der Waals surface area contributed by atoms with E-state index in [0.29, 0.717) is 12.2 Å². The van der Waals surface area contributed by atoms with E-state index in [4.69, 9.17) is 27.9 Å². The van der Waals surface area contributed by atoms with Gasteiger partial charge in [-0.05, 0) is 63.1 Å². The van der Waals surface area contributed by atoms with Crippen molar-refractivity contribution in [2.24, 2.45) is 0 Å². The summed E-state index contributed by atoms with van der Waals surface area (Å²) in [6, 6.07) is 10.6. The lowest BCUT2D eigenvalue weighted by Crippen LogP contribution is -2.55. The predicted molar refractivity (Wildman–Crippen MR) is 144 cm³/mol. The second-order valence-electron chi connectivity index (χ2n) is 9.40.